The van der Waals surface area contributed by atoms with Gasteiger partial charge in [-0.3, -0.25) is 20.4 Å². The minimum absolute atomic E-state index is 0.197. The molecule has 2 aromatic carbocycles. The molecule has 0 aliphatic rings. The van der Waals surface area contributed by atoms with E-state index < -0.39 is 11.8 Å². The molecule has 130 valence electrons. The molecule has 5 nitrogen and oxygen atoms in total. The Balaban J connectivity index is 1.77. The van der Waals surface area contributed by atoms with Gasteiger partial charge >= 0.3 is 0 Å². The zero-order valence-corrected chi connectivity index (χ0v) is 14.8. The zero-order valence-electron chi connectivity index (χ0n) is 14.0. The van der Waals surface area contributed by atoms with Crippen LogP contribution in [0.25, 0.3) is 6.08 Å². The molecule has 0 unspecified atom stereocenters. The molecule has 0 atom stereocenters. The van der Waals surface area contributed by atoms with Crippen molar-refractivity contribution >= 4 is 29.5 Å². The Labute approximate surface area is 151 Å². The number of rotatable bonds is 5. The largest absolute Gasteiger partial charge is 0.484 e. The van der Waals surface area contributed by atoms with Crippen LogP contribution in [-0.2, 0) is 9.59 Å². The lowest BCUT2D eigenvalue weighted by Gasteiger charge is -2.09. The standard InChI is InChI=1S/C19H19ClN2O3/c1-13-9-14(2)11-16(10-13)25-12-19(24)22-21-18(23)8-7-15-5-3-4-6-17(15)20/h3-11H,12H2,1-2H3,(H,21,23)(H,22,24)/b8-7+. The molecular weight excluding hydrogens is 340 g/mol. The van der Waals surface area contributed by atoms with E-state index in [0.29, 0.717) is 16.3 Å². The fraction of sp³-hybridized carbons (Fsp3) is 0.158. The first-order valence-corrected chi connectivity index (χ1v) is 8.04. The fourth-order valence-corrected chi connectivity index (χ4v) is 2.35. The highest BCUT2D eigenvalue weighted by atomic mass is 35.5. The van der Waals surface area contributed by atoms with Crippen molar-refractivity contribution in [3.8, 4) is 5.75 Å². The normalized spacial score (nSPS) is 10.5. The van der Waals surface area contributed by atoms with Gasteiger partial charge in [0.25, 0.3) is 11.8 Å². The summed E-state index contributed by atoms with van der Waals surface area (Å²) in [7, 11) is 0. The molecule has 0 saturated carbocycles. The Bertz CT molecular complexity index is 783. The second-order valence-electron chi connectivity index (χ2n) is 5.50. The second kappa shape index (κ2) is 8.89. The van der Waals surface area contributed by atoms with Crippen molar-refractivity contribution in [1.29, 1.82) is 0 Å². The lowest BCUT2D eigenvalue weighted by molar-refractivity contribution is -0.128. The third kappa shape index (κ3) is 6.31. The Kier molecular flexibility index (Phi) is 6.60. The fourth-order valence-electron chi connectivity index (χ4n) is 2.15. The van der Waals surface area contributed by atoms with Crippen LogP contribution in [0.2, 0.25) is 5.02 Å². The van der Waals surface area contributed by atoms with E-state index in [1.54, 1.807) is 24.3 Å². The zero-order chi connectivity index (χ0) is 18.2. The lowest BCUT2D eigenvalue weighted by atomic mass is 10.1. The van der Waals surface area contributed by atoms with E-state index in [4.69, 9.17) is 16.3 Å². The molecule has 0 aliphatic heterocycles. The predicted octanol–water partition coefficient (Wildman–Crippen LogP) is 3.20. The molecule has 0 heterocycles. The summed E-state index contributed by atoms with van der Waals surface area (Å²) >= 11 is 5.99. The molecule has 25 heavy (non-hydrogen) atoms. The van der Waals surface area contributed by atoms with Gasteiger partial charge in [-0.25, -0.2) is 0 Å². The van der Waals surface area contributed by atoms with Crippen LogP contribution >= 0.6 is 11.6 Å². The van der Waals surface area contributed by atoms with Crippen LogP contribution in [0.1, 0.15) is 16.7 Å². The van der Waals surface area contributed by atoms with Crippen molar-refractivity contribution in [1.82, 2.24) is 10.9 Å². The number of hydrazine groups is 1. The number of carbonyl (C=O) groups excluding carboxylic acids is 2. The smallest absolute Gasteiger partial charge is 0.276 e. The second-order valence-corrected chi connectivity index (χ2v) is 5.91. The van der Waals surface area contributed by atoms with Crippen LogP contribution in [0, 0.1) is 13.8 Å². The average molecular weight is 359 g/mol. The average Bonchev–Trinajstić information content (AvgIpc) is 2.56. The maximum atomic E-state index is 11.7. The number of benzene rings is 2. The highest BCUT2D eigenvalue weighted by molar-refractivity contribution is 6.32. The first kappa shape index (κ1) is 18.5. The highest BCUT2D eigenvalue weighted by Gasteiger charge is 2.05. The van der Waals surface area contributed by atoms with Gasteiger partial charge < -0.3 is 4.74 Å². The molecule has 0 aliphatic carbocycles. The molecule has 0 aromatic heterocycles. The molecule has 0 saturated heterocycles. The number of halogens is 1. The topological polar surface area (TPSA) is 67.4 Å². The highest BCUT2D eigenvalue weighted by Crippen LogP contribution is 2.16. The van der Waals surface area contributed by atoms with E-state index in [-0.39, 0.29) is 6.61 Å². The first-order valence-electron chi connectivity index (χ1n) is 7.66. The summed E-state index contributed by atoms with van der Waals surface area (Å²) in [4.78, 5) is 23.4. The van der Waals surface area contributed by atoms with Gasteiger partial charge in [0.15, 0.2) is 6.61 Å². The van der Waals surface area contributed by atoms with Crippen LogP contribution in [0.5, 0.6) is 5.75 Å². The molecule has 2 amide bonds. The molecule has 2 aromatic rings. The predicted molar refractivity (Wildman–Crippen MR) is 98.2 cm³/mol. The van der Waals surface area contributed by atoms with Crippen LogP contribution in [0.15, 0.2) is 48.5 Å². The van der Waals surface area contributed by atoms with Crippen molar-refractivity contribution in [2.45, 2.75) is 13.8 Å². The molecule has 6 heteroatoms. The molecule has 0 spiro atoms. The Hall–Kier alpha value is -2.79. The number of aryl methyl sites for hydroxylation is 2. The Morgan fingerprint density at radius 1 is 1.08 bits per heavy atom. The minimum atomic E-state index is -0.473. The number of ether oxygens (including phenoxy) is 1. The van der Waals surface area contributed by atoms with Crippen molar-refractivity contribution in [3.05, 3.63) is 70.3 Å². The quantitative estimate of drug-likeness (QED) is 0.637. The third-order valence-electron chi connectivity index (χ3n) is 3.21. The summed E-state index contributed by atoms with van der Waals surface area (Å²) in [5.74, 6) is -0.323. The van der Waals surface area contributed by atoms with Crippen molar-refractivity contribution in [2.24, 2.45) is 0 Å². The summed E-state index contributed by atoms with van der Waals surface area (Å²) in [6.45, 7) is 3.70. The Morgan fingerprint density at radius 2 is 1.76 bits per heavy atom. The van der Waals surface area contributed by atoms with Gasteiger partial charge in [0.1, 0.15) is 5.75 Å². The van der Waals surface area contributed by atoms with Gasteiger partial charge in [0, 0.05) is 11.1 Å². The SMILES string of the molecule is Cc1cc(C)cc(OCC(=O)NNC(=O)/C=C/c2ccccc2Cl)c1. The Morgan fingerprint density at radius 3 is 2.44 bits per heavy atom. The monoisotopic (exact) mass is 358 g/mol. The van der Waals surface area contributed by atoms with E-state index in [2.05, 4.69) is 10.9 Å². The van der Waals surface area contributed by atoms with Crippen molar-refractivity contribution in [2.75, 3.05) is 6.61 Å². The molecule has 2 rings (SSSR count). The third-order valence-corrected chi connectivity index (χ3v) is 3.55. The van der Waals surface area contributed by atoms with Gasteiger partial charge in [-0.05, 0) is 54.8 Å². The van der Waals surface area contributed by atoms with Gasteiger partial charge in [0.2, 0.25) is 0 Å². The number of amides is 2. The van der Waals surface area contributed by atoms with Gasteiger partial charge in [-0.2, -0.15) is 0 Å². The van der Waals surface area contributed by atoms with Crippen molar-refractivity contribution < 1.29 is 14.3 Å². The van der Waals surface area contributed by atoms with Crippen LogP contribution < -0.4 is 15.6 Å². The molecule has 0 bridgehead atoms. The molecule has 0 radical (unpaired) electrons. The number of hydrogen-bond donors (Lipinski definition) is 2. The van der Waals surface area contributed by atoms with E-state index in [1.807, 2.05) is 38.1 Å². The van der Waals surface area contributed by atoms with Gasteiger partial charge in [-0.1, -0.05) is 35.9 Å². The van der Waals surface area contributed by atoms with Crippen LogP contribution in [-0.4, -0.2) is 18.4 Å². The van der Waals surface area contributed by atoms with Crippen LogP contribution in [0.4, 0.5) is 0 Å². The molecular formula is C19H19ClN2O3. The number of hydrogen-bond acceptors (Lipinski definition) is 3. The summed E-state index contributed by atoms with van der Waals surface area (Å²) < 4.78 is 5.41. The minimum Gasteiger partial charge on any atom is -0.484 e. The van der Waals surface area contributed by atoms with E-state index >= 15 is 0 Å². The molecule has 2 N–H and O–H groups in total. The number of nitrogens with one attached hydrogen (secondary N) is 2. The van der Waals surface area contributed by atoms with Gasteiger partial charge in [0.05, 0.1) is 0 Å². The van der Waals surface area contributed by atoms with Crippen molar-refractivity contribution in [3.63, 3.8) is 0 Å². The summed E-state index contributed by atoms with van der Waals surface area (Å²) in [5, 5.41) is 0.539. The summed E-state index contributed by atoms with van der Waals surface area (Å²) in [6, 6.07) is 12.8. The van der Waals surface area contributed by atoms with Crippen LogP contribution in [0.3, 0.4) is 0 Å². The maximum Gasteiger partial charge on any atom is 0.276 e. The first-order chi connectivity index (χ1) is 11.9. The van der Waals surface area contributed by atoms with E-state index in [1.165, 1.54) is 6.08 Å². The maximum absolute atomic E-state index is 11.7. The molecule has 0 fully saturated rings. The van der Waals surface area contributed by atoms with E-state index in [9.17, 15) is 9.59 Å². The lowest BCUT2D eigenvalue weighted by Crippen LogP contribution is -2.43. The number of carbonyl (C=O) groups is 2. The summed E-state index contributed by atoms with van der Waals surface area (Å²) in [6.07, 6.45) is 2.85. The van der Waals surface area contributed by atoms with E-state index in [0.717, 1.165) is 11.1 Å². The van der Waals surface area contributed by atoms with Gasteiger partial charge in [-0.15, -0.1) is 0 Å². The summed E-state index contributed by atoms with van der Waals surface area (Å²) in [5.41, 5.74) is 7.38.